The van der Waals surface area contributed by atoms with Crippen LogP contribution >= 0.6 is 0 Å². The molecule has 1 unspecified atom stereocenters. The predicted octanol–water partition coefficient (Wildman–Crippen LogP) is 4.39. The number of likely N-dealkylation sites (tertiary alicyclic amines) is 1. The lowest BCUT2D eigenvalue weighted by atomic mass is 9.87. The lowest BCUT2D eigenvalue weighted by molar-refractivity contribution is 0.0969. The van der Waals surface area contributed by atoms with Gasteiger partial charge in [-0.15, -0.1) is 0 Å². The van der Waals surface area contributed by atoms with E-state index in [0.717, 1.165) is 38.0 Å². The van der Waals surface area contributed by atoms with Gasteiger partial charge in [-0.05, 0) is 67.6 Å². The zero-order valence-corrected chi connectivity index (χ0v) is 14.8. The van der Waals surface area contributed by atoms with Crippen molar-refractivity contribution < 1.29 is 5.11 Å². The first kappa shape index (κ1) is 16.4. The Labute approximate surface area is 149 Å². The van der Waals surface area contributed by atoms with Gasteiger partial charge < -0.3 is 15.0 Å². The van der Waals surface area contributed by atoms with Crippen LogP contribution in [0.15, 0.2) is 54.7 Å². The maximum atomic E-state index is 10.6. The minimum atomic E-state index is -0.397. The number of aliphatic hydroxyl groups is 1. The van der Waals surface area contributed by atoms with Gasteiger partial charge in [0.05, 0.1) is 6.10 Å². The molecule has 1 aromatic heterocycles. The van der Waals surface area contributed by atoms with Crippen molar-refractivity contribution in [1.82, 2.24) is 9.88 Å². The summed E-state index contributed by atoms with van der Waals surface area (Å²) in [5, 5.41) is 12.0. The highest BCUT2D eigenvalue weighted by Gasteiger charge is 2.24. The summed E-state index contributed by atoms with van der Waals surface area (Å²) >= 11 is 0. The maximum absolute atomic E-state index is 10.6. The standard InChI is InChI=1S/C22H26N2O/c1-16-5-2-3-6-18(16)22(25)15-24-13-10-17(11-14-24)19-7-4-8-21-20(19)9-12-23-21/h2-9,12,17,22-23,25H,10-11,13-15H2,1H3. The van der Waals surface area contributed by atoms with Crippen molar-refractivity contribution in [2.75, 3.05) is 19.6 Å². The third-order valence-electron chi connectivity index (χ3n) is 5.63. The summed E-state index contributed by atoms with van der Waals surface area (Å²) < 4.78 is 0. The Kier molecular flexibility index (Phi) is 4.60. The average Bonchev–Trinajstić information content (AvgIpc) is 3.11. The van der Waals surface area contributed by atoms with Gasteiger partial charge in [0.25, 0.3) is 0 Å². The van der Waals surface area contributed by atoms with Gasteiger partial charge in [-0.2, -0.15) is 0 Å². The molecule has 25 heavy (non-hydrogen) atoms. The van der Waals surface area contributed by atoms with Gasteiger partial charge in [0.15, 0.2) is 0 Å². The lowest BCUT2D eigenvalue weighted by Gasteiger charge is -2.34. The van der Waals surface area contributed by atoms with Gasteiger partial charge in [0.1, 0.15) is 0 Å². The number of fused-ring (bicyclic) bond motifs is 1. The number of β-amino-alcohol motifs (C(OH)–C–C–N with tert-alkyl or cyclic N) is 1. The Morgan fingerprint density at radius 2 is 1.88 bits per heavy atom. The highest BCUT2D eigenvalue weighted by atomic mass is 16.3. The number of nitrogens with zero attached hydrogens (tertiary/aromatic N) is 1. The van der Waals surface area contributed by atoms with Crippen LogP contribution in [0.1, 0.15) is 41.6 Å². The van der Waals surface area contributed by atoms with E-state index in [9.17, 15) is 5.11 Å². The van der Waals surface area contributed by atoms with Gasteiger partial charge in [-0.3, -0.25) is 0 Å². The molecule has 2 heterocycles. The highest BCUT2D eigenvalue weighted by Crippen LogP contribution is 2.33. The SMILES string of the molecule is Cc1ccccc1C(O)CN1CCC(c2cccc3[nH]ccc23)CC1. The van der Waals surface area contributed by atoms with Crippen molar-refractivity contribution in [2.24, 2.45) is 0 Å². The molecule has 0 radical (unpaired) electrons. The number of hydrogen-bond donors (Lipinski definition) is 2. The van der Waals surface area contributed by atoms with E-state index < -0.39 is 6.10 Å². The number of hydrogen-bond acceptors (Lipinski definition) is 2. The van der Waals surface area contributed by atoms with E-state index in [2.05, 4.69) is 47.1 Å². The molecule has 3 aromatic rings. The molecule has 130 valence electrons. The molecule has 2 N–H and O–H groups in total. The van der Waals surface area contributed by atoms with E-state index in [4.69, 9.17) is 0 Å². The predicted molar refractivity (Wildman–Crippen MR) is 103 cm³/mol. The van der Waals surface area contributed by atoms with Crippen LogP contribution in [-0.2, 0) is 0 Å². The summed E-state index contributed by atoms with van der Waals surface area (Å²) in [4.78, 5) is 5.72. The first-order chi connectivity index (χ1) is 12.2. The van der Waals surface area contributed by atoms with Gasteiger partial charge >= 0.3 is 0 Å². The van der Waals surface area contributed by atoms with Crippen LogP contribution in [0, 0.1) is 6.92 Å². The van der Waals surface area contributed by atoms with E-state index in [1.165, 1.54) is 22.0 Å². The average molecular weight is 334 g/mol. The normalized spacial score (nSPS) is 17.8. The fourth-order valence-electron chi connectivity index (χ4n) is 4.20. The Morgan fingerprint density at radius 3 is 2.68 bits per heavy atom. The Morgan fingerprint density at radius 1 is 1.08 bits per heavy atom. The summed E-state index contributed by atoms with van der Waals surface area (Å²) in [5.74, 6) is 0.617. The van der Waals surface area contributed by atoms with Gasteiger partial charge in [-0.25, -0.2) is 0 Å². The lowest BCUT2D eigenvalue weighted by Crippen LogP contribution is -2.36. The van der Waals surface area contributed by atoms with Crippen LogP contribution < -0.4 is 0 Å². The van der Waals surface area contributed by atoms with E-state index in [1.54, 1.807) is 0 Å². The molecular weight excluding hydrogens is 308 g/mol. The van der Waals surface area contributed by atoms with Gasteiger partial charge in [0, 0.05) is 23.6 Å². The van der Waals surface area contributed by atoms with Crippen LogP contribution in [0.5, 0.6) is 0 Å². The molecule has 0 amide bonds. The molecule has 0 bridgehead atoms. The van der Waals surface area contributed by atoms with E-state index in [0.29, 0.717) is 5.92 Å². The Balaban J connectivity index is 1.40. The van der Waals surface area contributed by atoms with Crippen molar-refractivity contribution >= 4 is 10.9 Å². The van der Waals surface area contributed by atoms with Crippen LogP contribution in [-0.4, -0.2) is 34.6 Å². The smallest absolute Gasteiger partial charge is 0.0919 e. The van der Waals surface area contributed by atoms with Crippen LogP contribution in [0.25, 0.3) is 10.9 Å². The maximum Gasteiger partial charge on any atom is 0.0919 e. The number of benzene rings is 2. The number of aromatic nitrogens is 1. The minimum absolute atomic E-state index is 0.397. The molecule has 1 aliphatic rings. The molecule has 0 aliphatic carbocycles. The van der Waals surface area contributed by atoms with Crippen LogP contribution in [0.2, 0.25) is 0 Å². The van der Waals surface area contributed by atoms with Gasteiger partial charge in [-0.1, -0.05) is 36.4 Å². The molecule has 1 atom stereocenters. The molecule has 1 saturated heterocycles. The fourth-order valence-corrected chi connectivity index (χ4v) is 4.20. The number of rotatable bonds is 4. The number of nitrogens with one attached hydrogen (secondary N) is 1. The van der Waals surface area contributed by atoms with E-state index in [1.807, 2.05) is 24.4 Å². The second-order valence-corrected chi connectivity index (χ2v) is 7.23. The molecule has 1 fully saturated rings. The quantitative estimate of drug-likeness (QED) is 0.743. The van der Waals surface area contributed by atoms with E-state index >= 15 is 0 Å². The molecule has 4 rings (SSSR count). The number of aromatic amines is 1. The Bertz CT molecular complexity index is 846. The fraction of sp³-hybridized carbons (Fsp3) is 0.364. The zero-order chi connectivity index (χ0) is 17.2. The van der Waals surface area contributed by atoms with Crippen LogP contribution in [0.3, 0.4) is 0 Å². The summed E-state index contributed by atoms with van der Waals surface area (Å²) in [7, 11) is 0. The summed E-state index contributed by atoms with van der Waals surface area (Å²) in [6.45, 7) is 4.90. The molecule has 1 aliphatic heterocycles. The van der Waals surface area contributed by atoms with Crippen molar-refractivity contribution in [1.29, 1.82) is 0 Å². The Hall–Kier alpha value is -2.10. The first-order valence-electron chi connectivity index (χ1n) is 9.24. The number of piperidine rings is 1. The van der Waals surface area contributed by atoms with Crippen LogP contribution in [0.4, 0.5) is 0 Å². The molecule has 0 saturated carbocycles. The zero-order valence-electron chi connectivity index (χ0n) is 14.8. The second kappa shape index (κ2) is 7.03. The molecule has 3 heteroatoms. The topological polar surface area (TPSA) is 39.3 Å². The first-order valence-corrected chi connectivity index (χ1v) is 9.24. The third-order valence-corrected chi connectivity index (χ3v) is 5.63. The molecule has 2 aromatic carbocycles. The number of aryl methyl sites for hydroxylation is 1. The van der Waals surface area contributed by atoms with Crippen molar-refractivity contribution in [3.8, 4) is 0 Å². The van der Waals surface area contributed by atoms with Gasteiger partial charge in [0.2, 0.25) is 0 Å². The number of aliphatic hydroxyl groups excluding tert-OH is 1. The molecular formula is C22H26N2O. The van der Waals surface area contributed by atoms with Crippen molar-refractivity contribution in [3.63, 3.8) is 0 Å². The number of H-pyrrole nitrogens is 1. The largest absolute Gasteiger partial charge is 0.387 e. The molecule has 3 nitrogen and oxygen atoms in total. The minimum Gasteiger partial charge on any atom is -0.387 e. The van der Waals surface area contributed by atoms with Crippen molar-refractivity contribution in [3.05, 3.63) is 71.4 Å². The summed E-state index contributed by atoms with van der Waals surface area (Å²) in [5.41, 5.74) is 4.93. The summed E-state index contributed by atoms with van der Waals surface area (Å²) in [6, 6.07) is 16.9. The third kappa shape index (κ3) is 3.35. The van der Waals surface area contributed by atoms with Crippen molar-refractivity contribution in [2.45, 2.75) is 31.8 Å². The second-order valence-electron chi connectivity index (χ2n) is 7.23. The monoisotopic (exact) mass is 334 g/mol. The molecule has 0 spiro atoms. The highest BCUT2D eigenvalue weighted by molar-refractivity contribution is 5.83. The van der Waals surface area contributed by atoms with E-state index in [-0.39, 0.29) is 0 Å². The summed E-state index contributed by atoms with van der Waals surface area (Å²) in [6.07, 6.45) is 3.95.